The second-order valence-corrected chi connectivity index (χ2v) is 3.94. The summed E-state index contributed by atoms with van der Waals surface area (Å²) < 4.78 is 0. The fourth-order valence-electron chi connectivity index (χ4n) is 1.97. The molecule has 0 atom stereocenters. The van der Waals surface area contributed by atoms with E-state index in [2.05, 4.69) is 14.9 Å². The van der Waals surface area contributed by atoms with Crippen LogP contribution in [-0.4, -0.2) is 28.8 Å². The highest BCUT2D eigenvalue weighted by atomic mass is 16.1. The average Bonchev–Trinajstić information content (AvgIpc) is 2.30. The van der Waals surface area contributed by atoms with Crippen LogP contribution in [0.15, 0.2) is 18.6 Å². The summed E-state index contributed by atoms with van der Waals surface area (Å²) in [5.41, 5.74) is 0. The number of hydrogen-bond donors (Lipinski definition) is 0. The highest BCUT2D eigenvalue weighted by molar-refractivity contribution is 5.78. The van der Waals surface area contributed by atoms with Crippen molar-refractivity contribution in [1.82, 2.24) is 9.97 Å². The maximum atomic E-state index is 11.2. The predicted molar refractivity (Wildman–Crippen MR) is 57.7 cm³/mol. The van der Waals surface area contributed by atoms with Crippen molar-refractivity contribution in [2.75, 3.05) is 18.0 Å². The van der Waals surface area contributed by atoms with Gasteiger partial charge in [-0.1, -0.05) is 0 Å². The molecule has 15 heavy (non-hydrogen) atoms. The minimum atomic E-state index is 0.248. The number of Topliss-reactive ketones (excluding diaryl/α,β-unsaturated/α-hetero) is 1. The van der Waals surface area contributed by atoms with Gasteiger partial charge in [0.15, 0.2) is 0 Å². The van der Waals surface area contributed by atoms with Crippen molar-refractivity contribution in [1.29, 1.82) is 0 Å². The van der Waals surface area contributed by atoms with Crippen molar-refractivity contribution >= 4 is 11.6 Å². The van der Waals surface area contributed by atoms with Crippen molar-refractivity contribution in [2.24, 2.45) is 5.92 Å². The van der Waals surface area contributed by atoms with Gasteiger partial charge >= 0.3 is 0 Å². The monoisotopic (exact) mass is 205 g/mol. The van der Waals surface area contributed by atoms with Crippen LogP contribution in [0.5, 0.6) is 0 Å². The second kappa shape index (κ2) is 4.38. The third-order valence-electron chi connectivity index (χ3n) is 2.94. The Labute approximate surface area is 89.3 Å². The Morgan fingerprint density at radius 1 is 1.40 bits per heavy atom. The number of carbonyl (C=O) groups excluding carboxylic acids is 1. The normalized spacial score (nSPS) is 17.8. The van der Waals surface area contributed by atoms with Crippen molar-refractivity contribution < 1.29 is 4.79 Å². The quantitative estimate of drug-likeness (QED) is 0.729. The third-order valence-corrected chi connectivity index (χ3v) is 2.94. The highest BCUT2D eigenvalue weighted by Gasteiger charge is 2.22. The van der Waals surface area contributed by atoms with E-state index >= 15 is 0 Å². The lowest BCUT2D eigenvalue weighted by Gasteiger charge is -2.31. The summed E-state index contributed by atoms with van der Waals surface area (Å²) in [6, 6.07) is 0. The van der Waals surface area contributed by atoms with Crippen molar-refractivity contribution in [3.05, 3.63) is 18.6 Å². The fraction of sp³-hybridized carbons (Fsp3) is 0.545. The van der Waals surface area contributed by atoms with Gasteiger partial charge in [0.05, 0.1) is 6.20 Å². The van der Waals surface area contributed by atoms with Gasteiger partial charge in [-0.05, 0) is 19.8 Å². The van der Waals surface area contributed by atoms with E-state index in [0.29, 0.717) is 5.78 Å². The van der Waals surface area contributed by atoms with Crippen LogP contribution in [-0.2, 0) is 4.79 Å². The molecular weight excluding hydrogens is 190 g/mol. The average molecular weight is 205 g/mol. The summed E-state index contributed by atoms with van der Waals surface area (Å²) in [6.07, 6.45) is 7.02. The predicted octanol–water partition coefficient (Wildman–Crippen LogP) is 1.28. The molecule has 1 aromatic heterocycles. The van der Waals surface area contributed by atoms with E-state index < -0.39 is 0 Å². The van der Waals surface area contributed by atoms with Crippen molar-refractivity contribution in [2.45, 2.75) is 19.8 Å². The van der Waals surface area contributed by atoms with Gasteiger partial charge in [-0.15, -0.1) is 0 Å². The number of hydrogen-bond acceptors (Lipinski definition) is 4. The molecule has 1 aliphatic heterocycles. The molecule has 0 bridgehead atoms. The van der Waals surface area contributed by atoms with E-state index in [4.69, 9.17) is 0 Å². The summed E-state index contributed by atoms with van der Waals surface area (Å²) >= 11 is 0. The van der Waals surface area contributed by atoms with E-state index in [1.165, 1.54) is 0 Å². The number of aromatic nitrogens is 2. The SMILES string of the molecule is CC(=O)C1CCN(c2cnccn2)CC1. The molecule has 1 saturated heterocycles. The molecule has 4 heteroatoms. The summed E-state index contributed by atoms with van der Waals surface area (Å²) in [5.74, 6) is 1.48. The summed E-state index contributed by atoms with van der Waals surface area (Å²) in [7, 11) is 0. The molecule has 2 rings (SSSR count). The largest absolute Gasteiger partial charge is 0.355 e. The molecule has 0 radical (unpaired) electrons. The van der Waals surface area contributed by atoms with Gasteiger partial charge < -0.3 is 4.90 Å². The molecule has 0 aliphatic carbocycles. The number of rotatable bonds is 2. The molecule has 2 heterocycles. The number of anilines is 1. The van der Waals surface area contributed by atoms with Crippen molar-refractivity contribution in [3.8, 4) is 0 Å². The Kier molecular flexibility index (Phi) is 2.94. The zero-order chi connectivity index (χ0) is 10.7. The Morgan fingerprint density at radius 3 is 2.67 bits per heavy atom. The molecule has 0 saturated carbocycles. The van der Waals surface area contributed by atoms with Crippen LogP contribution in [0.3, 0.4) is 0 Å². The lowest BCUT2D eigenvalue weighted by Crippen LogP contribution is -2.36. The molecule has 0 unspecified atom stereocenters. The van der Waals surface area contributed by atoms with Gasteiger partial charge in [-0.25, -0.2) is 4.98 Å². The van der Waals surface area contributed by atoms with Crippen LogP contribution >= 0.6 is 0 Å². The molecule has 1 fully saturated rings. The molecule has 4 nitrogen and oxygen atoms in total. The molecule has 80 valence electrons. The number of ketones is 1. The summed E-state index contributed by atoms with van der Waals surface area (Å²) in [4.78, 5) is 21.7. The van der Waals surface area contributed by atoms with Gasteiger partial charge in [0.1, 0.15) is 11.6 Å². The maximum Gasteiger partial charge on any atom is 0.147 e. The van der Waals surface area contributed by atoms with Gasteiger partial charge in [0.25, 0.3) is 0 Å². The Morgan fingerprint density at radius 2 is 2.13 bits per heavy atom. The molecule has 1 aliphatic rings. The smallest absolute Gasteiger partial charge is 0.147 e. The molecule has 0 amide bonds. The Hall–Kier alpha value is -1.45. The first-order valence-electron chi connectivity index (χ1n) is 5.29. The summed E-state index contributed by atoms with van der Waals surface area (Å²) in [5, 5.41) is 0. The zero-order valence-electron chi connectivity index (χ0n) is 8.89. The molecular formula is C11H15N3O. The summed E-state index contributed by atoms with van der Waals surface area (Å²) in [6.45, 7) is 3.49. The lowest BCUT2D eigenvalue weighted by atomic mass is 9.93. The maximum absolute atomic E-state index is 11.2. The van der Waals surface area contributed by atoms with Gasteiger partial charge in [-0.2, -0.15) is 0 Å². The van der Waals surface area contributed by atoms with E-state index in [9.17, 15) is 4.79 Å². The lowest BCUT2D eigenvalue weighted by molar-refractivity contribution is -0.121. The minimum Gasteiger partial charge on any atom is -0.355 e. The zero-order valence-corrected chi connectivity index (χ0v) is 8.89. The third kappa shape index (κ3) is 2.32. The number of piperidine rings is 1. The van der Waals surface area contributed by atoms with Crippen LogP contribution in [0, 0.1) is 5.92 Å². The van der Waals surface area contributed by atoms with Gasteiger partial charge in [0, 0.05) is 31.4 Å². The van der Waals surface area contributed by atoms with Crippen LogP contribution in [0.1, 0.15) is 19.8 Å². The van der Waals surface area contributed by atoms with E-state index in [0.717, 1.165) is 31.7 Å². The first-order chi connectivity index (χ1) is 7.27. The van der Waals surface area contributed by atoms with Gasteiger partial charge in [0.2, 0.25) is 0 Å². The Balaban J connectivity index is 1.97. The first-order valence-corrected chi connectivity index (χ1v) is 5.29. The van der Waals surface area contributed by atoms with Crippen LogP contribution in [0.25, 0.3) is 0 Å². The number of nitrogens with zero attached hydrogens (tertiary/aromatic N) is 3. The van der Waals surface area contributed by atoms with E-state index in [-0.39, 0.29) is 5.92 Å². The van der Waals surface area contributed by atoms with Crippen molar-refractivity contribution in [3.63, 3.8) is 0 Å². The van der Waals surface area contributed by atoms with Gasteiger partial charge in [-0.3, -0.25) is 9.78 Å². The van der Waals surface area contributed by atoms with Crippen LogP contribution in [0.4, 0.5) is 5.82 Å². The molecule has 0 spiro atoms. The first kappa shape index (κ1) is 10.1. The standard InChI is InChI=1S/C11H15N3O/c1-9(15)10-2-6-14(7-3-10)11-8-12-4-5-13-11/h4-5,8,10H,2-3,6-7H2,1H3. The van der Waals surface area contributed by atoms with E-state index in [1.54, 1.807) is 25.5 Å². The Bertz CT molecular complexity index is 331. The minimum absolute atomic E-state index is 0.248. The van der Waals surface area contributed by atoms with Crippen LogP contribution in [0.2, 0.25) is 0 Å². The fourth-order valence-corrected chi connectivity index (χ4v) is 1.97. The highest BCUT2D eigenvalue weighted by Crippen LogP contribution is 2.21. The second-order valence-electron chi connectivity index (χ2n) is 3.94. The number of carbonyl (C=O) groups is 1. The molecule has 0 N–H and O–H groups in total. The van der Waals surface area contributed by atoms with Crippen LogP contribution < -0.4 is 4.90 Å². The topological polar surface area (TPSA) is 46.1 Å². The van der Waals surface area contributed by atoms with E-state index in [1.807, 2.05) is 0 Å². The molecule has 0 aromatic carbocycles. The molecule has 1 aromatic rings.